The van der Waals surface area contributed by atoms with Crippen LogP contribution in [0, 0.1) is 5.92 Å². The average Bonchev–Trinajstić information content (AvgIpc) is 2.10. The molecule has 0 aliphatic heterocycles. The number of alkyl halides is 1. The third-order valence-electron chi connectivity index (χ3n) is 2.31. The van der Waals surface area contributed by atoms with Crippen molar-refractivity contribution in [3.8, 4) is 0 Å². The van der Waals surface area contributed by atoms with Gasteiger partial charge in [-0.3, -0.25) is 9.59 Å². The van der Waals surface area contributed by atoms with E-state index in [1.165, 1.54) is 0 Å². The molecular formula is C10H19ClNO3+. The Morgan fingerprint density at radius 3 is 2.07 bits per heavy atom. The topological polar surface area (TPSA) is 54.4 Å². The number of rotatable bonds is 6. The smallest absolute Gasteiger partial charge is 0.314 e. The van der Waals surface area contributed by atoms with Gasteiger partial charge in [-0.05, 0) is 0 Å². The van der Waals surface area contributed by atoms with E-state index in [9.17, 15) is 9.59 Å². The number of carbonyl (C=O) groups excluding carboxylic acids is 1. The van der Waals surface area contributed by atoms with Crippen LogP contribution in [0.25, 0.3) is 0 Å². The normalized spacial score (nSPS) is 15.8. The second-order valence-electron chi connectivity index (χ2n) is 4.50. The van der Waals surface area contributed by atoms with Crippen molar-refractivity contribution in [1.82, 2.24) is 0 Å². The number of Topliss-reactive ketones (excluding diaryl/α,β-unsaturated/α-hetero) is 1. The second kappa shape index (κ2) is 5.47. The summed E-state index contributed by atoms with van der Waals surface area (Å²) >= 11 is 6.05. The molecule has 15 heavy (non-hydrogen) atoms. The molecule has 0 radical (unpaired) electrons. The van der Waals surface area contributed by atoms with Crippen LogP contribution in [-0.4, -0.2) is 48.0 Å². The quantitative estimate of drug-likeness (QED) is 0.328. The van der Waals surface area contributed by atoms with Crippen molar-refractivity contribution in [3.05, 3.63) is 0 Å². The van der Waals surface area contributed by atoms with Gasteiger partial charge in [0.15, 0.2) is 5.50 Å². The first-order valence-electron chi connectivity index (χ1n) is 4.90. The summed E-state index contributed by atoms with van der Waals surface area (Å²) in [5, 5.41) is 8.90. The highest BCUT2D eigenvalue weighted by Crippen LogP contribution is 2.19. The Morgan fingerprint density at radius 1 is 1.33 bits per heavy atom. The van der Waals surface area contributed by atoms with Crippen LogP contribution < -0.4 is 0 Å². The molecule has 0 aromatic heterocycles. The molecule has 5 heteroatoms. The molecule has 0 aliphatic carbocycles. The monoisotopic (exact) mass is 236 g/mol. The van der Waals surface area contributed by atoms with Gasteiger partial charge >= 0.3 is 5.97 Å². The van der Waals surface area contributed by atoms with E-state index in [2.05, 4.69) is 0 Å². The van der Waals surface area contributed by atoms with Crippen LogP contribution in [0.5, 0.6) is 0 Å². The number of quaternary nitrogens is 1. The molecule has 0 aromatic carbocycles. The van der Waals surface area contributed by atoms with Gasteiger partial charge in [-0.25, -0.2) is 0 Å². The van der Waals surface area contributed by atoms with E-state index in [1.807, 2.05) is 21.1 Å². The fourth-order valence-electron chi connectivity index (χ4n) is 1.13. The van der Waals surface area contributed by atoms with Gasteiger partial charge in [0.1, 0.15) is 11.7 Å². The molecule has 2 atom stereocenters. The molecule has 88 valence electrons. The number of hydrogen-bond donors (Lipinski definition) is 1. The van der Waals surface area contributed by atoms with Gasteiger partial charge in [-0.15, -0.1) is 0 Å². The van der Waals surface area contributed by atoms with Crippen molar-refractivity contribution < 1.29 is 19.2 Å². The lowest BCUT2D eigenvalue weighted by molar-refractivity contribution is -0.883. The first kappa shape index (κ1) is 14.4. The van der Waals surface area contributed by atoms with E-state index in [0.29, 0.717) is 4.48 Å². The van der Waals surface area contributed by atoms with Crippen molar-refractivity contribution in [2.45, 2.75) is 25.3 Å². The van der Waals surface area contributed by atoms with Crippen molar-refractivity contribution in [2.24, 2.45) is 5.92 Å². The molecule has 0 aliphatic rings. The van der Waals surface area contributed by atoms with Gasteiger partial charge in [-0.2, -0.15) is 0 Å². The minimum Gasteiger partial charge on any atom is -0.481 e. The molecule has 0 rings (SSSR count). The Bertz CT molecular complexity index is 248. The van der Waals surface area contributed by atoms with Crippen LogP contribution in [-0.2, 0) is 9.59 Å². The van der Waals surface area contributed by atoms with Crippen LogP contribution in [0.4, 0.5) is 0 Å². The molecular weight excluding hydrogens is 218 g/mol. The predicted octanol–water partition coefficient (Wildman–Crippen LogP) is 1.33. The van der Waals surface area contributed by atoms with Crippen molar-refractivity contribution in [2.75, 3.05) is 21.1 Å². The average molecular weight is 237 g/mol. The lowest BCUT2D eigenvalue weighted by atomic mass is 9.98. The molecule has 2 unspecified atom stereocenters. The van der Waals surface area contributed by atoms with Gasteiger partial charge in [0, 0.05) is 12.8 Å². The SMILES string of the molecule is CCC(=O)C(CC(Cl)[N+](C)(C)C)C(=O)O. The Hall–Kier alpha value is -0.610. The number of carboxylic acids is 1. The highest BCUT2D eigenvalue weighted by molar-refractivity contribution is 6.20. The standard InChI is InChI=1S/C10H18ClNO3/c1-5-8(13)7(10(14)15)6-9(11)12(2,3)4/h7,9H,5-6H2,1-4H3/p+1. The minimum absolute atomic E-state index is 0.174. The van der Waals surface area contributed by atoms with Crippen molar-refractivity contribution in [3.63, 3.8) is 0 Å². The van der Waals surface area contributed by atoms with E-state index < -0.39 is 11.9 Å². The van der Waals surface area contributed by atoms with E-state index in [-0.39, 0.29) is 24.1 Å². The molecule has 0 saturated carbocycles. The van der Waals surface area contributed by atoms with E-state index in [1.54, 1.807) is 6.92 Å². The van der Waals surface area contributed by atoms with Crippen LogP contribution in [0.1, 0.15) is 19.8 Å². The first-order chi connectivity index (χ1) is 6.70. The largest absolute Gasteiger partial charge is 0.481 e. The van der Waals surface area contributed by atoms with Gasteiger partial charge in [-0.1, -0.05) is 18.5 Å². The summed E-state index contributed by atoms with van der Waals surface area (Å²) in [4.78, 5) is 22.2. The maximum atomic E-state index is 11.4. The van der Waals surface area contributed by atoms with Crippen LogP contribution in [0.15, 0.2) is 0 Å². The van der Waals surface area contributed by atoms with Gasteiger partial charge < -0.3 is 9.59 Å². The molecule has 0 spiro atoms. The lowest BCUT2D eigenvalue weighted by Crippen LogP contribution is -2.44. The van der Waals surface area contributed by atoms with Gasteiger partial charge in [0.2, 0.25) is 0 Å². The fourth-order valence-corrected chi connectivity index (χ4v) is 1.31. The van der Waals surface area contributed by atoms with Gasteiger partial charge in [0.25, 0.3) is 0 Å². The molecule has 1 N–H and O–H groups in total. The van der Waals surface area contributed by atoms with E-state index in [0.717, 1.165) is 0 Å². The highest BCUT2D eigenvalue weighted by atomic mass is 35.5. The number of carboxylic acid groups (broad SMARTS) is 1. The third kappa shape index (κ3) is 4.62. The summed E-state index contributed by atoms with van der Waals surface area (Å²) in [6, 6.07) is 0. The van der Waals surface area contributed by atoms with Crippen LogP contribution in [0.2, 0.25) is 0 Å². The number of hydrogen-bond acceptors (Lipinski definition) is 2. The van der Waals surface area contributed by atoms with Crippen LogP contribution >= 0.6 is 11.6 Å². The zero-order valence-electron chi connectivity index (χ0n) is 9.66. The molecule has 0 aromatic rings. The lowest BCUT2D eigenvalue weighted by Gasteiger charge is -2.30. The molecule has 0 bridgehead atoms. The number of ketones is 1. The number of carbonyl (C=O) groups is 2. The molecule has 0 heterocycles. The molecule has 4 nitrogen and oxygen atoms in total. The maximum Gasteiger partial charge on any atom is 0.314 e. The fraction of sp³-hybridized carbons (Fsp3) is 0.800. The summed E-state index contributed by atoms with van der Waals surface area (Å²) in [5.74, 6) is -2.32. The van der Waals surface area contributed by atoms with Crippen molar-refractivity contribution >= 4 is 23.4 Å². The number of aliphatic carboxylic acids is 1. The molecule has 0 fully saturated rings. The molecule has 0 amide bonds. The van der Waals surface area contributed by atoms with E-state index in [4.69, 9.17) is 16.7 Å². The second-order valence-corrected chi connectivity index (χ2v) is 5.00. The highest BCUT2D eigenvalue weighted by Gasteiger charge is 2.32. The zero-order valence-corrected chi connectivity index (χ0v) is 10.4. The third-order valence-corrected chi connectivity index (χ3v) is 3.07. The molecule has 0 saturated heterocycles. The van der Waals surface area contributed by atoms with Crippen molar-refractivity contribution in [1.29, 1.82) is 0 Å². The summed E-state index contributed by atoms with van der Waals surface area (Å²) in [6.07, 6.45) is 0.408. The summed E-state index contributed by atoms with van der Waals surface area (Å²) in [5.41, 5.74) is -0.374. The summed E-state index contributed by atoms with van der Waals surface area (Å²) in [7, 11) is 5.60. The summed E-state index contributed by atoms with van der Waals surface area (Å²) in [6.45, 7) is 1.66. The number of halogens is 1. The van der Waals surface area contributed by atoms with E-state index >= 15 is 0 Å². The predicted molar refractivity (Wildman–Crippen MR) is 58.7 cm³/mol. The Morgan fingerprint density at radius 2 is 1.80 bits per heavy atom. The minimum atomic E-state index is -1.08. The Balaban J connectivity index is 4.57. The Labute approximate surface area is 95.4 Å². The first-order valence-corrected chi connectivity index (χ1v) is 5.34. The summed E-state index contributed by atoms with van der Waals surface area (Å²) < 4.78 is 0.433. The van der Waals surface area contributed by atoms with Crippen LogP contribution in [0.3, 0.4) is 0 Å². The number of nitrogens with zero attached hydrogens (tertiary/aromatic N) is 1. The maximum absolute atomic E-state index is 11.4. The Kier molecular flexibility index (Phi) is 5.24. The zero-order chi connectivity index (χ0) is 12.2. The van der Waals surface area contributed by atoms with Gasteiger partial charge in [0.05, 0.1) is 21.1 Å².